The van der Waals surface area contributed by atoms with Crippen LogP contribution in [0.1, 0.15) is 0 Å². The molecule has 0 unspecified atom stereocenters. The summed E-state index contributed by atoms with van der Waals surface area (Å²) in [6, 6.07) is 4.27. The number of benzene rings is 1. The van der Waals surface area contributed by atoms with Crippen molar-refractivity contribution in [1.29, 1.82) is 0 Å². The molecule has 106 valence electrons. The van der Waals surface area contributed by atoms with Crippen molar-refractivity contribution in [2.75, 3.05) is 17.6 Å². The van der Waals surface area contributed by atoms with Gasteiger partial charge in [0.1, 0.15) is 15.2 Å². The molecule has 1 heterocycles. The lowest BCUT2D eigenvalue weighted by molar-refractivity contribution is 0.403. The fourth-order valence-corrected chi connectivity index (χ4v) is 2.81. The van der Waals surface area contributed by atoms with Crippen LogP contribution >= 0.6 is 15.9 Å². The summed E-state index contributed by atoms with van der Waals surface area (Å²) in [5.41, 5.74) is 6.00. The number of methoxy groups -OCH3 is 1. The van der Waals surface area contributed by atoms with Gasteiger partial charge in [0.25, 0.3) is 10.0 Å². The first-order chi connectivity index (χ1) is 9.42. The third kappa shape index (κ3) is 3.17. The minimum atomic E-state index is -3.83. The molecule has 0 aliphatic heterocycles. The average molecular weight is 359 g/mol. The molecule has 9 heteroatoms. The van der Waals surface area contributed by atoms with E-state index in [-0.39, 0.29) is 16.5 Å². The number of ether oxygens (including phenoxy) is 1. The van der Waals surface area contributed by atoms with E-state index in [1.54, 1.807) is 0 Å². The summed E-state index contributed by atoms with van der Waals surface area (Å²) in [7, 11) is -2.47. The number of nitrogens with one attached hydrogen (secondary N) is 1. The second kappa shape index (κ2) is 5.63. The number of nitrogens with two attached hydrogens (primary N) is 1. The second-order valence-electron chi connectivity index (χ2n) is 3.74. The Kier molecular flexibility index (Phi) is 4.09. The highest BCUT2D eigenvalue weighted by molar-refractivity contribution is 9.10. The number of sulfonamides is 1. The summed E-state index contributed by atoms with van der Waals surface area (Å²) < 4.78 is 32.4. The largest absolute Gasteiger partial charge is 0.495 e. The first-order valence-electron chi connectivity index (χ1n) is 5.36. The summed E-state index contributed by atoms with van der Waals surface area (Å²) in [5.74, 6) is 0.259. The molecule has 0 spiro atoms. The van der Waals surface area contributed by atoms with Crippen molar-refractivity contribution >= 4 is 37.5 Å². The summed E-state index contributed by atoms with van der Waals surface area (Å²) in [5, 5.41) is 0. The van der Waals surface area contributed by atoms with Gasteiger partial charge >= 0.3 is 0 Å². The molecule has 0 atom stereocenters. The predicted molar refractivity (Wildman–Crippen MR) is 77.9 cm³/mol. The zero-order chi connectivity index (χ0) is 14.8. The first-order valence-corrected chi connectivity index (χ1v) is 7.64. The van der Waals surface area contributed by atoms with Gasteiger partial charge < -0.3 is 10.5 Å². The number of aromatic nitrogens is 2. The molecule has 0 aliphatic rings. The van der Waals surface area contributed by atoms with Gasteiger partial charge in [-0.05, 0) is 28.1 Å². The molecular weight excluding hydrogens is 348 g/mol. The van der Waals surface area contributed by atoms with Crippen molar-refractivity contribution in [3.63, 3.8) is 0 Å². The fraction of sp³-hybridized carbons (Fsp3) is 0.0909. The molecule has 0 radical (unpaired) electrons. The number of hydrogen-bond donors (Lipinski definition) is 2. The minimum absolute atomic E-state index is 0.0288. The molecule has 0 amide bonds. The van der Waals surface area contributed by atoms with Crippen LogP contribution in [-0.4, -0.2) is 25.5 Å². The zero-order valence-corrected chi connectivity index (χ0v) is 12.8. The summed E-state index contributed by atoms with van der Waals surface area (Å²) in [4.78, 5) is 7.76. The normalized spacial score (nSPS) is 11.1. The van der Waals surface area contributed by atoms with E-state index in [9.17, 15) is 8.42 Å². The smallest absolute Gasteiger partial charge is 0.266 e. The number of rotatable bonds is 4. The van der Waals surface area contributed by atoms with E-state index in [0.29, 0.717) is 10.3 Å². The molecule has 2 rings (SSSR count). The predicted octanol–water partition coefficient (Wildman–Crippen LogP) is 1.63. The summed E-state index contributed by atoms with van der Waals surface area (Å²) in [6.07, 6.45) is 2.68. The van der Waals surface area contributed by atoms with Crippen LogP contribution in [0.25, 0.3) is 0 Å². The molecule has 3 N–H and O–H groups in total. The van der Waals surface area contributed by atoms with Crippen molar-refractivity contribution in [1.82, 2.24) is 9.97 Å². The first kappa shape index (κ1) is 14.5. The SMILES string of the molecule is COc1cc(N)ccc1S(=O)(=O)Nc1cnc(Br)cn1. The lowest BCUT2D eigenvalue weighted by atomic mass is 10.3. The lowest BCUT2D eigenvalue weighted by Gasteiger charge is -2.11. The Bertz CT molecular complexity index is 719. The average Bonchev–Trinajstić information content (AvgIpc) is 2.40. The number of anilines is 2. The van der Waals surface area contributed by atoms with E-state index < -0.39 is 10.0 Å². The minimum Gasteiger partial charge on any atom is -0.495 e. The Balaban J connectivity index is 2.38. The van der Waals surface area contributed by atoms with Crippen LogP contribution < -0.4 is 15.2 Å². The Labute approximate surface area is 124 Å². The second-order valence-corrected chi connectivity index (χ2v) is 6.20. The van der Waals surface area contributed by atoms with Crippen LogP contribution in [0.4, 0.5) is 11.5 Å². The van der Waals surface area contributed by atoms with Crippen LogP contribution in [-0.2, 0) is 10.0 Å². The Morgan fingerprint density at radius 3 is 2.65 bits per heavy atom. The van der Waals surface area contributed by atoms with Crippen molar-refractivity contribution < 1.29 is 13.2 Å². The molecular formula is C11H11BrN4O3S. The Morgan fingerprint density at radius 1 is 1.30 bits per heavy atom. The van der Waals surface area contributed by atoms with Crippen LogP contribution in [0.2, 0.25) is 0 Å². The monoisotopic (exact) mass is 358 g/mol. The molecule has 0 saturated heterocycles. The highest BCUT2D eigenvalue weighted by Crippen LogP contribution is 2.27. The number of nitrogens with zero attached hydrogens (tertiary/aromatic N) is 2. The molecule has 20 heavy (non-hydrogen) atoms. The van der Waals surface area contributed by atoms with Gasteiger partial charge in [-0.15, -0.1) is 0 Å². The van der Waals surface area contributed by atoms with Crippen LogP contribution in [0, 0.1) is 0 Å². The molecule has 1 aromatic heterocycles. The Hall–Kier alpha value is -1.87. The maximum Gasteiger partial charge on any atom is 0.266 e. The molecule has 0 aliphatic carbocycles. The van der Waals surface area contributed by atoms with Crippen molar-refractivity contribution in [2.45, 2.75) is 4.90 Å². The van der Waals surface area contributed by atoms with Gasteiger partial charge in [-0.2, -0.15) is 0 Å². The third-order valence-electron chi connectivity index (χ3n) is 2.34. The van der Waals surface area contributed by atoms with Crippen LogP contribution in [0.5, 0.6) is 5.75 Å². The number of nitrogen functional groups attached to an aromatic ring is 1. The summed E-state index contributed by atoms with van der Waals surface area (Å²) in [6.45, 7) is 0. The molecule has 0 fully saturated rings. The van der Waals surface area contributed by atoms with Crippen molar-refractivity contribution in [2.24, 2.45) is 0 Å². The Morgan fingerprint density at radius 2 is 2.05 bits per heavy atom. The quantitative estimate of drug-likeness (QED) is 0.804. The maximum absolute atomic E-state index is 12.3. The molecule has 1 aromatic carbocycles. The van der Waals surface area contributed by atoms with E-state index in [1.165, 1.54) is 37.7 Å². The van der Waals surface area contributed by atoms with Crippen LogP contribution in [0.15, 0.2) is 40.1 Å². The van der Waals surface area contributed by atoms with E-state index >= 15 is 0 Å². The summed E-state index contributed by atoms with van der Waals surface area (Å²) >= 11 is 3.12. The molecule has 0 saturated carbocycles. The van der Waals surface area contributed by atoms with E-state index in [1.807, 2.05) is 0 Å². The molecule has 2 aromatic rings. The third-order valence-corrected chi connectivity index (χ3v) is 4.14. The van der Waals surface area contributed by atoms with Gasteiger partial charge in [0.05, 0.1) is 19.5 Å². The van der Waals surface area contributed by atoms with Gasteiger partial charge in [0.15, 0.2) is 5.82 Å². The highest BCUT2D eigenvalue weighted by Gasteiger charge is 2.20. The molecule has 0 bridgehead atoms. The zero-order valence-electron chi connectivity index (χ0n) is 10.4. The van der Waals surface area contributed by atoms with Crippen LogP contribution in [0.3, 0.4) is 0 Å². The van der Waals surface area contributed by atoms with E-state index in [0.717, 1.165) is 0 Å². The topological polar surface area (TPSA) is 107 Å². The van der Waals surface area contributed by atoms with E-state index in [4.69, 9.17) is 10.5 Å². The van der Waals surface area contributed by atoms with Crippen molar-refractivity contribution in [3.05, 3.63) is 35.2 Å². The lowest BCUT2D eigenvalue weighted by Crippen LogP contribution is -2.15. The highest BCUT2D eigenvalue weighted by atomic mass is 79.9. The number of hydrogen-bond acceptors (Lipinski definition) is 6. The number of halogens is 1. The van der Waals surface area contributed by atoms with Gasteiger partial charge in [0.2, 0.25) is 0 Å². The van der Waals surface area contributed by atoms with Gasteiger partial charge in [-0.3, -0.25) is 4.72 Å². The van der Waals surface area contributed by atoms with Crippen molar-refractivity contribution in [3.8, 4) is 5.75 Å². The van der Waals surface area contributed by atoms with E-state index in [2.05, 4.69) is 30.6 Å². The van der Waals surface area contributed by atoms with Gasteiger partial charge in [-0.25, -0.2) is 18.4 Å². The maximum atomic E-state index is 12.3. The fourth-order valence-electron chi connectivity index (χ4n) is 1.46. The van der Waals surface area contributed by atoms with Gasteiger partial charge in [-0.1, -0.05) is 0 Å². The molecule has 7 nitrogen and oxygen atoms in total. The standard InChI is InChI=1S/C11H11BrN4O3S/c1-19-8-4-7(13)2-3-9(8)20(17,18)16-11-6-14-10(12)5-15-11/h2-6H,13H2,1H3,(H,15,16). The van der Waals surface area contributed by atoms with Gasteiger partial charge in [0, 0.05) is 11.8 Å².